The molecule has 0 radical (unpaired) electrons. The van der Waals surface area contributed by atoms with E-state index < -0.39 is 5.41 Å². The molecule has 3 heterocycles. The fraction of sp³-hybridized carbons (Fsp3) is 0.385. The van der Waals surface area contributed by atoms with Crippen LogP contribution in [-0.2, 0) is 19.8 Å². The van der Waals surface area contributed by atoms with Crippen molar-refractivity contribution in [1.82, 2.24) is 19.8 Å². The third-order valence-corrected chi connectivity index (χ3v) is 7.19. The van der Waals surface area contributed by atoms with E-state index in [0.29, 0.717) is 24.4 Å². The summed E-state index contributed by atoms with van der Waals surface area (Å²) in [6.45, 7) is 1.15. The predicted molar refractivity (Wildman–Crippen MR) is 126 cm³/mol. The van der Waals surface area contributed by atoms with Gasteiger partial charge in [0.2, 0.25) is 17.7 Å². The van der Waals surface area contributed by atoms with Crippen molar-refractivity contribution in [1.29, 1.82) is 0 Å². The largest absolute Gasteiger partial charge is 0.496 e. The summed E-state index contributed by atoms with van der Waals surface area (Å²) in [6, 6.07) is 15.0. The average Bonchev–Trinajstić information content (AvgIpc) is 3.40. The second kappa shape index (κ2) is 8.59. The zero-order chi connectivity index (χ0) is 23.9. The van der Waals surface area contributed by atoms with Gasteiger partial charge in [-0.05, 0) is 31.0 Å². The molecule has 3 aromatic rings. The molecule has 2 fully saturated rings. The van der Waals surface area contributed by atoms with Crippen LogP contribution in [0.3, 0.4) is 0 Å². The number of imide groups is 1. The number of carbonyl (C=O) groups excluding carboxylic acids is 3. The van der Waals surface area contributed by atoms with Gasteiger partial charge in [-0.25, -0.2) is 4.98 Å². The summed E-state index contributed by atoms with van der Waals surface area (Å²) in [7, 11) is 3.01. The fourth-order valence-electron chi connectivity index (χ4n) is 5.33. The number of aromatic nitrogens is 2. The van der Waals surface area contributed by atoms with E-state index >= 15 is 0 Å². The maximum absolute atomic E-state index is 13.6. The summed E-state index contributed by atoms with van der Waals surface area (Å²) in [6.07, 6.45) is 1.66. The molecule has 2 aliphatic rings. The Bertz CT molecular complexity index is 1240. The van der Waals surface area contributed by atoms with Gasteiger partial charge in [-0.1, -0.05) is 30.3 Å². The second-order valence-corrected chi connectivity index (χ2v) is 9.21. The molecule has 1 N–H and O–H groups in total. The number of imidazole rings is 1. The van der Waals surface area contributed by atoms with Crippen molar-refractivity contribution in [3.05, 3.63) is 59.9 Å². The minimum Gasteiger partial charge on any atom is -0.496 e. The van der Waals surface area contributed by atoms with Crippen LogP contribution in [-0.4, -0.2) is 64.7 Å². The Labute approximate surface area is 197 Å². The first kappa shape index (κ1) is 22.1. The lowest BCUT2D eigenvalue weighted by Gasteiger charge is -2.35. The number of nitrogens with zero attached hydrogens (tertiary/aromatic N) is 3. The van der Waals surface area contributed by atoms with Crippen LogP contribution in [0.2, 0.25) is 0 Å². The van der Waals surface area contributed by atoms with E-state index in [1.807, 2.05) is 35.2 Å². The number of methoxy groups -OCH3 is 1. The first-order chi connectivity index (χ1) is 16.4. The second-order valence-electron chi connectivity index (χ2n) is 9.21. The number of piperidine rings is 1. The van der Waals surface area contributed by atoms with Crippen molar-refractivity contribution in [3.8, 4) is 5.75 Å². The Morgan fingerprint density at radius 2 is 1.94 bits per heavy atom. The fourth-order valence-corrected chi connectivity index (χ4v) is 5.33. The smallest absolute Gasteiger partial charge is 0.240 e. The third-order valence-electron chi connectivity index (χ3n) is 7.19. The van der Waals surface area contributed by atoms with Crippen LogP contribution >= 0.6 is 0 Å². The number of nitrogens with one attached hydrogen (secondary N) is 1. The number of hydrogen-bond donors (Lipinski definition) is 1. The molecule has 0 bridgehead atoms. The third kappa shape index (κ3) is 3.63. The van der Waals surface area contributed by atoms with Crippen molar-refractivity contribution >= 4 is 28.8 Å². The molecule has 1 aromatic heterocycles. The lowest BCUT2D eigenvalue weighted by Crippen LogP contribution is -2.45. The highest BCUT2D eigenvalue weighted by atomic mass is 16.5. The van der Waals surface area contributed by atoms with Gasteiger partial charge in [-0.15, -0.1) is 0 Å². The Morgan fingerprint density at radius 1 is 1.18 bits per heavy atom. The minimum absolute atomic E-state index is 0.0463. The molecule has 2 aliphatic heterocycles. The molecule has 5 rings (SSSR count). The van der Waals surface area contributed by atoms with Crippen LogP contribution in [0.15, 0.2) is 48.5 Å². The molecule has 8 nitrogen and oxygen atoms in total. The summed E-state index contributed by atoms with van der Waals surface area (Å²) < 4.78 is 5.51. The quantitative estimate of drug-likeness (QED) is 0.591. The number of fused-ring (bicyclic) bond motifs is 1. The van der Waals surface area contributed by atoms with E-state index in [1.165, 1.54) is 14.2 Å². The van der Waals surface area contributed by atoms with Crippen molar-refractivity contribution in [2.24, 2.45) is 0 Å². The van der Waals surface area contributed by atoms with E-state index in [-0.39, 0.29) is 36.5 Å². The van der Waals surface area contributed by atoms with Crippen molar-refractivity contribution < 1.29 is 19.1 Å². The monoisotopic (exact) mass is 460 g/mol. The highest BCUT2D eigenvalue weighted by Crippen LogP contribution is 2.44. The topological polar surface area (TPSA) is 95.6 Å². The van der Waals surface area contributed by atoms with Gasteiger partial charge in [0.05, 0.1) is 23.6 Å². The summed E-state index contributed by atoms with van der Waals surface area (Å²) in [5, 5.41) is 0. The zero-order valence-corrected chi connectivity index (χ0v) is 19.4. The van der Waals surface area contributed by atoms with Crippen LogP contribution in [0.25, 0.3) is 11.0 Å². The maximum Gasteiger partial charge on any atom is 0.240 e. The van der Waals surface area contributed by atoms with Crippen molar-refractivity contribution in [3.63, 3.8) is 0 Å². The Balaban J connectivity index is 1.42. The molecule has 2 aromatic carbocycles. The molecular weight excluding hydrogens is 432 g/mol. The summed E-state index contributed by atoms with van der Waals surface area (Å²) >= 11 is 0. The highest BCUT2D eigenvalue weighted by Gasteiger charge is 2.54. The molecule has 3 amide bonds. The molecule has 0 spiro atoms. The standard InChI is InChI=1S/C26H28N4O4/c1-29-22(31)14-26(25(29)33,18-9-3-6-12-21(18)34-2)15-23(32)30-13-7-8-17(16-30)24-27-19-10-4-5-11-20(19)28-24/h3-6,9-12,17H,7-8,13-16H2,1-2H3,(H,27,28). The van der Waals surface area contributed by atoms with Gasteiger partial charge in [-0.2, -0.15) is 0 Å². The molecule has 8 heteroatoms. The number of rotatable bonds is 5. The van der Waals surface area contributed by atoms with E-state index in [1.54, 1.807) is 18.2 Å². The highest BCUT2D eigenvalue weighted by molar-refractivity contribution is 6.10. The zero-order valence-electron chi connectivity index (χ0n) is 19.4. The van der Waals surface area contributed by atoms with Gasteiger partial charge in [-0.3, -0.25) is 19.3 Å². The Hall–Kier alpha value is -3.68. The van der Waals surface area contributed by atoms with E-state index in [2.05, 4.69) is 4.98 Å². The number of carbonyl (C=O) groups is 3. The Kier molecular flexibility index (Phi) is 5.59. The number of para-hydroxylation sites is 3. The normalized spacial score (nSPS) is 23.1. The Morgan fingerprint density at radius 3 is 2.68 bits per heavy atom. The molecule has 2 unspecified atom stereocenters. The SMILES string of the molecule is COc1ccccc1C1(CC(=O)N2CCCC(c3nc4ccccc4[nH]3)C2)CC(=O)N(C)C1=O. The maximum atomic E-state index is 13.6. The number of likely N-dealkylation sites (tertiary alicyclic amines) is 2. The number of hydrogen-bond acceptors (Lipinski definition) is 5. The van der Waals surface area contributed by atoms with Crippen LogP contribution in [0.5, 0.6) is 5.75 Å². The molecular formula is C26H28N4O4. The number of benzene rings is 2. The van der Waals surface area contributed by atoms with E-state index in [0.717, 1.165) is 34.6 Å². The van der Waals surface area contributed by atoms with Crippen LogP contribution in [0.4, 0.5) is 0 Å². The number of likely N-dealkylation sites (N-methyl/N-ethyl adjacent to an activating group) is 1. The van der Waals surface area contributed by atoms with E-state index in [4.69, 9.17) is 9.72 Å². The van der Waals surface area contributed by atoms with Crippen LogP contribution in [0, 0.1) is 0 Å². The number of aromatic amines is 1. The van der Waals surface area contributed by atoms with Crippen molar-refractivity contribution in [2.75, 3.05) is 27.2 Å². The molecule has 2 saturated heterocycles. The lowest BCUT2D eigenvalue weighted by atomic mass is 9.75. The van der Waals surface area contributed by atoms with Gasteiger partial charge in [0.15, 0.2) is 0 Å². The van der Waals surface area contributed by atoms with Crippen LogP contribution in [0.1, 0.15) is 43.0 Å². The first-order valence-electron chi connectivity index (χ1n) is 11.6. The minimum atomic E-state index is -1.26. The van der Waals surface area contributed by atoms with Crippen molar-refractivity contribution in [2.45, 2.75) is 37.0 Å². The number of amides is 3. The predicted octanol–water partition coefficient (Wildman–Crippen LogP) is 2.99. The van der Waals surface area contributed by atoms with Gasteiger partial charge in [0.25, 0.3) is 0 Å². The van der Waals surface area contributed by atoms with Gasteiger partial charge < -0.3 is 14.6 Å². The first-order valence-corrected chi connectivity index (χ1v) is 11.6. The molecule has 0 aliphatic carbocycles. The summed E-state index contributed by atoms with van der Waals surface area (Å²) in [4.78, 5) is 50.6. The lowest BCUT2D eigenvalue weighted by molar-refractivity contribution is -0.142. The molecule has 176 valence electrons. The number of H-pyrrole nitrogens is 1. The average molecular weight is 461 g/mol. The van der Waals surface area contributed by atoms with E-state index in [9.17, 15) is 14.4 Å². The summed E-state index contributed by atoms with van der Waals surface area (Å²) in [5.74, 6) is 0.693. The molecule has 2 atom stereocenters. The summed E-state index contributed by atoms with van der Waals surface area (Å²) in [5.41, 5.74) is 1.21. The van der Waals surface area contributed by atoms with Crippen LogP contribution < -0.4 is 4.74 Å². The van der Waals surface area contributed by atoms with Gasteiger partial charge >= 0.3 is 0 Å². The van der Waals surface area contributed by atoms with Gasteiger partial charge in [0, 0.05) is 44.5 Å². The molecule has 0 saturated carbocycles. The van der Waals surface area contributed by atoms with Gasteiger partial charge in [0.1, 0.15) is 11.6 Å². The molecule has 34 heavy (non-hydrogen) atoms. The number of ether oxygens (including phenoxy) is 1.